The third kappa shape index (κ3) is 3.67. The molecule has 0 radical (unpaired) electrons. The van der Waals surface area contributed by atoms with Gasteiger partial charge in [-0.25, -0.2) is 0 Å². The van der Waals surface area contributed by atoms with E-state index < -0.39 is 0 Å². The maximum atomic E-state index is 12.7. The zero-order valence-electron chi connectivity index (χ0n) is 15.0. The Kier molecular flexibility index (Phi) is 4.89. The van der Waals surface area contributed by atoms with Gasteiger partial charge in [-0.05, 0) is 56.3 Å². The van der Waals surface area contributed by atoms with E-state index in [-0.39, 0.29) is 11.8 Å². The number of hydrogen-bond donors (Lipinski definition) is 2. The Balaban J connectivity index is 1.81. The van der Waals surface area contributed by atoms with Crippen LogP contribution in [-0.2, 0) is 4.79 Å². The van der Waals surface area contributed by atoms with Crippen molar-refractivity contribution in [3.05, 3.63) is 77.6 Å². The molecule has 0 unspecified atom stereocenters. The summed E-state index contributed by atoms with van der Waals surface area (Å²) in [4.78, 5) is 23.8. The van der Waals surface area contributed by atoms with Gasteiger partial charge in [0.1, 0.15) is 0 Å². The molecular formula is C21H21N3O2. The highest BCUT2D eigenvalue weighted by Crippen LogP contribution is 2.22. The number of carbonyl (C=O) groups is 2. The molecule has 0 aliphatic carbocycles. The molecule has 0 fully saturated rings. The van der Waals surface area contributed by atoms with E-state index in [1.807, 2.05) is 50.2 Å². The van der Waals surface area contributed by atoms with E-state index in [4.69, 9.17) is 0 Å². The van der Waals surface area contributed by atoms with Crippen molar-refractivity contribution in [1.82, 2.24) is 4.57 Å². The highest BCUT2D eigenvalue weighted by Gasteiger charge is 2.16. The molecule has 0 spiro atoms. The summed E-state index contributed by atoms with van der Waals surface area (Å²) in [7, 11) is 0. The van der Waals surface area contributed by atoms with Crippen LogP contribution in [0.25, 0.3) is 5.69 Å². The van der Waals surface area contributed by atoms with Crippen LogP contribution in [-0.4, -0.2) is 16.4 Å². The number of rotatable bonds is 4. The number of nitrogens with one attached hydrogen (secondary N) is 2. The molecule has 2 amide bonds. The summed E-state index contributed by atoms with van der Waals surface area (Å²) < 4.78 is 2.06. The van der Waals surface area contributed by atoms with Crippen molar-refractivity contribution >= 4 is 23.2 Å². The highest BCUT2D eigenvalue weighted by atomic mass is 16.2. The molecule has 0 atom stereocenters. The molecule has 5 heteroatoms. The Hall–Kier alpha value is -3.34. The first-order chi connectivity index (χ1) is 12.5. The first-order valence-electron chi connectivity index (χ1n) is 8.39. The lowest BCUT2D eigenvalue weighted by Crippen LogP contribution is -2.13. The predicted octanol–water partition coefficient (Wildman–Crippen LogP) is 4.30. The van der Waals surface area contributed by atoms with Crippen molar-refractivity contribution < 1.29 is 9.59 Å². The van der Waals surface area contributed by atoms with Gasteiger partial charge in [-0.15, -0.1) is 0 Å². The summed E-state index contributed by atoms with van der Waals surface area (Å²) in [5, 5.41) is 5.61. The summed E-state index contributed by atoms with van der Waals surface area (Å²) in [5.74, 6) is -0.289. The zero-order valence-corrected chi connectivity index (χ0v) is 15.0. The lowest BCUT2D eigenvalue weighted by Gasteiger charge is -2.10. The Morgan fingerprint density at radius 3 is 2.00 bits per heavy atom. The number of para-hydroxylation sites is 1. The standard InChI is InChI=1S/C21H21N3O2/c1-14-13-20(15(2)24(14)19-7-5-4-6-8-19)21(26)23-18-11-9-17(10-12-18)22-16(3)25/h4-13H,1-3H3,(H,22,25)(H,23,26). The number of aryl methyl sites for hydroxylation is 1. The molecule has 0 aliphatic heterocycles. The molecular weight excluding hydrogens is 326 g/mol. The van der Waals surface area contributed by atoms with Gasteiger partial charge < -0.3 is 15.2 Å². The van der Waals surface area contributed by atoms with Crippen LogP contribution >= 0.6 is 0 Å². The largest absolute Gasteiger partial charge is 0.326 e. The lowest BCUT2D eigenvalue weighted by atomic mass is 10.2. The summed E-state index contributed by atoms with van der Waals surface area (Å²) in [6.07, 6.45) is 0. The van der Waals surface area contributed by atoms with Crippen LogP contribution < -0.4 is 10.6 Å². The normalized spacial score (nSPS) is 10.4. The van der Waals surface area contributed by atoms with Crippen LogP contribution in [0, 0.1) is 13.8 Å². The number of nitrogens with zero attached hydrogens (tertiary/aromatic N) is 1. The smallest absolute Gasteiger partial charge is 0.257 e. The van der Waals surface area contributed by atoms with Crippen molar-refractivity contribution in [3.8, 4) is 5.69 Å². The van der Waals surface area contributed by atoms with Gasteiger partial charge in [0, 0.05) is 35.4 Å². The number of aromatic nitrogens is 1. The molecule has 3 rings (SSSR count). The molecule has 0 saturated heterocycles. The number of hydrogen-bond acceptors (Lipinski definition) is 2. The second-order valence-electron chi connectivity index (χ2n) is 6.17. The molecule has 2 aromatic carbocycles. The Morgan fingerprint density at radius 2 is 1.42 bits per heavy atom. The topological polar surface area (TPSA) is 63.1 Å². The third-order valence-corrected chi connectivity index (χ3v) is 4.15. The summed E-state index contributed by atoms with van der Waals surface area (Å²) in [6.45, 7) is 5.38. The average Bonchev–Trinajstić information content (AvgIpc) is 2.91. The maximum Gasteiger partial charge on any atom is 0.257 e. The minimum absolute atomic E-state index is 0.130. The summed E-state index contributed by atoms with van der Waals surface area (Å²) in [6, 6.07) is 18.9. The average molecular weight is 347 g/mol. The monoisotopic (exact) mass is 347 g/mol. The molecule has 1 aromatic heterocycles. The van der Waals surface area contributed by atoms with E-state index in [0.717, 1.165) is 17.1 Å². The van der Waals surface area contributed by atoms with Crippen LogP contribution in [0.1, 0.15) is 28.7 Å². The van der Waals surface area contributed by atoms with Crippen LogP contribution in [0.4, 0.5) is 11.4 Å². The molecule has 0 aliphatic rings. The van der Waals surface area contributed by atoms with Crippen molar-refractivity contribution in [2.24, 2.45) is 0 Å². The van der Waals surface area contributed by atoms with Crippen molar-refractivity contribution in [3.63, 3.8) is 0 Å². The fourth-order valence-corrected chi connectivity index (χ4v) is 3.01. The first-order valence-corrected chi connectivity index (χ1v) is 8.39. The first kappa shape index (κ1) is 17.5. The van der Waals surface area contributed by atoms with Crippen LogP contribution in [0.15, 0.2) is 60.7 Å². The minimum Gasteiger partial charge on any atom is -0.326 e. The zero-order chi connectivity index (χ0) is 18.7. The SMILES string of the molecule is CC(=O)Nc1ccc(NC(=O)c2cc(C)n(-c3ccccc3)c2C)cc1. The van der Waals surface area contributed by atoms with E-state index in [9.17, 15) is 9.59 Å². The van der Waals surface area contributed by atoms with Crippen molar-refractivity contribution in [2.45, 2.75) is 20.8 Å². The molecule has 0 bridgehead atoms. The highest BCUT2D eigenvalue weighted by molar-refractivity contribution is 6.05. The van der Waals surface area contributed by atoms with Gasteiger partial charge >= 0.3 is 0 Å². The van der Waals surface area contributed by atoms with Gasteiger partial charge in [0.15, 0.2) is 0 Å². The molecule has 1 heterocycles. The lowest BCUT2D eigenvalue weighted by molar-refractivity contribution is -0.114. The summed E-state index contributed by atoms with van der Waals surface area (Å²) in [5.41, 5.74) is 4.92. The minimum atomic E-state index is -0.160. The van der Waals surface area contributed by atoms with E-state index >= 15 is 0 Å². The Morgan fingerprint density at radius 1 is 0.846 bits per heavy atom. The van der Waals surface area contributed by atoms with Crippen LogP contribution in [0.5, 0.6) is 0 Å². The Bertz CT molecular complexity index is 941. The third-order valence-electron chi connectivity index (χ3n) is 4.15. The van der Waals surface area contributed by atoms with E-state index in [1.165, 1.54) is 6.92 Å². The van der Waals surface area contributed by atoms with Crippen molar-refractivity contribution in [2.75, 3.05) is 10.6 Å². The molecule has 2 N–H and O–H groups in total. The van der Waals surface area contributed by atoms with Crippen LogP contribution in [0.3, 0.4) is 0 Å². The van der Waals surface area contributed by atoms with Crippen molar-refractivity contribution in [1.29, 1.82) is 0 Å². The van der Waals surface area contributed by atoms with E-state index in [1.54, 1.807) is 24.3 Å². The predicted molar refractivity (Wildman–Crippen MR) is 104 cm³/mol. The molecule has 0 saturated carbocycles. The second kappa shape index (κ2) is 7.27. The fraction of sp³-hybridized carbons (Fsp3) is 0.143. The number of carbonyl (C=O) groups excluding carboxylic acids is 2. The van der Waals surface area contributed by atoms with E-state index in [0.29, 0.717) is 16.9 Å². The maximum absolute atomic E-state index is 12.7. The van der Waals surface area contributed by atoms with Gasteiger partial charge in [-0.1, -0.05) is 18.2 Å². The molecule has 3 aromatic rings. The van der Waals surface area contributed by atoms with Gasteiger partial charge in [-0.2, -0.15) is 0 Å². The number of anilines is 2. The molecule has 132 valence electrons. The number of amides is 2. The Labute approximate surface area is 152 Å². The van der Waals surface area contributed by atoms with Gasteiger partial charge in [0.25, 0.3) is 5.91 Å². The van der Waals surface area contributed by atoms with E-state index in [2.05, 4.69) is 15.2 Å². The number of benzene rings is 2. The van der Waals surface area contributed by atoms with Gasteiger partial charge in [0.05, 0.1) is 5.56 Å². The molecule has 26 heavy (non-hydrogen) atoms. The van der Waals surface area contributed by atoms with Gasteiger partial charge in [0.2, 0.25) is 5.91 Å². The second-order valence-corrected chi connectivity index (χ2v) is 6.17. The quantitative estimate of drug-likeness (QED) is 0.739. The van der Waals surface area contributed by atoms with Gasteiger partial charge in [-0.3, -0.25) is 9.59 Å². The summed E-state index contributed by atoms with van der Waals surface area (Å²) >= 11 is 0. The van der Waals surface area contributed by atoms with Crippen LogP contribution in [0.2, 0.25) is 0 Å². The fourth-order valence-electron chi connectivity index (χ4n) is 3.01. The molecule has 5 nitrogen and oxygen atoms in total.